The molecular weight excluding hydrogens is 268 g/mol. The number of hydrogen-bond acceptors (Lipinski definition) is 2. The zero-order valence-corrected chi connectivity index (χ0v) is 12.8. The van der Waals surface area contributed by atoms with E-state index < -0.39 is 0 Å². The van der Waals surface area contributed by atoms with Crippen molar-refractivity contribution in [3.8, 4) is 0 Å². The largest absolute Gasteiger partial charge is 0.392 e. The minimum Gasteiger partial charge on any atom is -0.392 e. The molecule has 2 N–H and O–H groups in total. The predicted molar refractivity (Wildman–Crippen MR) is 85.6 cm³/mol. The van der Waals surface area contributed by atoms with Crippen molar-refractivity contribution < 1.29 is 4.79 Å². The molecule has 0 spiro atoms. The van der Waals surface area contributed by atoms with Crippen LogP contribution in [-0.2, 0) is 11.2 Å². The number of nitrogens with two attached hydrogens (primary N) is 1. The van der Waals surface area contributed by atoms with Crippen LogP contribution in [-0.4, -0.2) is 28.4 Å². The summed E-state index contributed by atoms with van der Waals surface area (Å²) in [6, 6.07) is 8.40. The number of amides is 1. The fourth-order valence-electron chi connectivity index (χ4n) is 2.90. The van der Waals surface area contributed by atoms with Gasteiger partial charge in [-0.2, -0.15) is 0 Å². The first-order valence-corrected chi connectivity index (χ1v) is 7.60. The quantitative estimate of drug-likeness (QED) is 0.848. The van der Waals surface area contributed by atoms with E-state index in [1.165, 1.54) is 18.4 Å². The second kappa shape index (κ2) is 6.84. The summed E-state index contributed by atoms with van der Waals surface area (Å²) in [5, 5.41) is 0. The number of rotatable bonds is 5. The van der Waals surface area contributed by atoms with Gasteiger partial charge in [0.25, 0.3) is 0 Å². The molecule has 1 saturated carbocycles. The normalized spacial score (nSPS) is 15.2. The molecule has 1 aromatic carbocycles. The van der Waals surface area contributed by atoms with Gasteiger partial charge in [-0.25, -0.2) is 0 Å². The predicted octanol–water partition coefficient (Wildman–Crippen LogP) is 2.59. The van der Waals surface area contributed by atoms with Gasteiger partial charge < -0.3 is 10.6 Å². The molecule has 0 bridgehead atoms. The summed E-state index contributed by atoms with van der Waals surface area (Å²) < 4.78 is 0. The van der Waals surface area contributed by atoms with E-state index in [9.17, 15) is 4.79 Å². The molecule has 1 aromatic rings. The van der Waals surface area contributed by atoms with Gasteiger partial charge in [0.05, 0.1) is 18.0 Å². The van der Waals surface area contributed by atoms with Crippen LogP contribution < -0.4 is 5.73 Å². The molecule has 2 rings (SSSR count). The lowest BCUT2D eigenvalue weighted by molar-refractivity contribution is -0.131. The lowest BCUT2D eigenvalue weighted by Crippen LogP contribution is -2.44. The molecule has 1 aliphatic carbocycles. The Kier molecular flexibility index (Phi) is 5.12. The number of aryl methyl sites for hydroxylation is 1. The minimum atomic E-state index is 0.135. The van der Waals surface area contributed by atoms with Gasteiger partial charge in [-0.05, 0) is 25.3 Å². The smallest absolute Gasteiger partial charge is 0.227 e. The molecule has 4 heteroatoms. The van der Waals surface area contributed by atoms with Crippen LogP contribution in [0.25, 0.3) is 0 Å². The molecule has 20 heavy (non-hydrogen) atoms. The Labute approximate surface area is 126 Å². The maximum absolute atomic E-state index is 12.6. The van der Waals surface area contributed by atoms with Crippen molar-refractivity contribution in [2.24, 2.45) is 5.73 Å². The van der Waals surface area contributed by atoms with Gasteiger partial charge >= 0.3 is 0 Å². The van der Waals surface area contributed by atoms with E-state index in [4.69, 9.17) is 18.0 Å². The first-order valence-electron chi connectivity index (χ1n) is 7.19. The Bertz CT molecular complexity index is 495. The number of carbonyl (C=O) groups excluding carboxylic acids is 1. The van der Waals surface area contributed by atoms with Crippen molar-refractivity contribution in [1.29, 1.82) is 0 Å². The molecule has 108 valence electrons. The molecule has 0 unspecified atom stereocenters. The standard InChI is InChI=1S/C16H22N2OS/c1-12-5-4-6-13(9-12)10-16(19)18(11-15(17)20)14-7-2-3-8-14/h4-6,9,14H,2-3,7-8,10-11H2,1H3,(H2,17,20). The SMILES string of the molecule is Cc1cccc(CC(=O)N(CC(N)=S)C2CCCC2)c1. The molecule has 0 radical (unpaired) electrons. The number of thiocarbonyl (C=S) groups is 1. The van der Waals surface area contributed by atoms with Gasteiger partial charge in [-0.1, -0.05) is 54.9 Å². The van der Waals surface area contributed by atoms with Crippen molar-refractivity contribution in [2.45, 2.75) is 45.1 Å². The fraction of sp³-hybridized carbons (Fsp3) is 0.500. The highest BCUT2D eigenvalue weighted by Gasteiger charge is 2.26. The van der Waals surface area contributed by atoms with Gasteiger partial charge in [0.2, 0.25) is 5.91 Å². The molecule has 1 amide bonds. The molecule has 0 heterocycles. The van der Waals surface area contributed by atoms with E-state index in [0.717, 1.165) is 18.4 Å². The Morgan fingerprint density at radius 1 is 1.40 bits per heavy atom. The van der Waals surface area contributed by atoms with Gasteiger partial charge in [-0.3, -0.25) is 4.79 Å². The molecule has 0 aliphatic heterocycles. The van der Waals surface area contributed by atoms with Crippen LogP contribution in [0.4, 0.5) is 0 Å². The van der Waals surface area contributed by atoms with Crippen LogP contribution in [0, 0.1) is 6.92 Å². The van der Waals surface area contributed by atoms with E-state index >= 15 is 0 Å². The molecule has 3 nitrogen and oxygen atoms in total. The second-order valence-electron chi connectivity index (χ2n) is 5.59. The zero-order valence-electron chi connectivity index (χ0n) is 12.0. The highest BCUT2D eigenvalue weighted by molar-refractivity contribution is 7.80. The van der Waals surface area contributed by atoms with Crippen molar-refractivity contribution in [3.63, 3.8) is 0 Å². The average Bonchev–Trinajstić information content (AvgIpc) is 2.89. The summed E-state index contributed by atoms with van der Waals surface area (Å²) >= 11 is 5.00. The maximum atomic E-state index is 12.6. The van der Waals surface area contributed by atoms with Crippen molar-refractivity contribution in [2.75, 3.05) is 6.54 Å². The van der Waals surface area contributed by atoms with Crippen LogP contribution in [0.15, 0.2) is 24.3 Å². The van der Waals surface area contributed by atoms with Gasteiger partial charge in [0.1, 0.15) is 0 Å². The summed E-state index contributed by atoms with van der Waals surface area (Å²) in [6.45, 7) is 2.45. The lowest BCUT2D eigenvalue weighted by Gasteiger charge is -2.28. The molecule has 1 fully saturated rings. The Morgan fingerprint density at radius 3 is 2.70 bits per heavy atom. The van der Waals surface area contributed by atoms with Crippen molar-refractivity contribution in [3.05, 3.63) is 35.4 Å². The van der Waals surface area contributed by atoms with Crippen LogP contribution in [0.2, 0.25) is 0 Å². The Balaban J connectivity index is 2.07. The topological polar surface area (TPSA) is 46.3 Å². The molecule has 0 saturated heterocycles. The van der Waals surface area contributed by atoms with Crippen LogP contribution in [0.3, 0.4) is 0 Å². The fourth-order valence-corrected chi connectivity index (χ4v) is 3.04. The number of hydrogen-bond donors (Lipinski definition) is 1. The second-order valence-corrected chi connectivity index (χ2v) is 6.12. The van der Waals surface area contributed by atoms with Crippen molar-refractivity contribution >= 4 is 23.1 Å². The summed E-state index contributed by atoms with van der Waals surface area (Å²) in [7, 11) is 0. The highest BCUT2D eigenvalue weighted by Crippen LogP contribution is 2.24. The summed E-state index contributed by atoms with van der Waals surface area (Å²) in [5.74, 6) is 0.135. The third kappa shape index (κ3) is 4.04. The van der Waals surface area contributed by atoms with Crippen molar-refractivity contribution in [1.82, 2.24) is 4.90 Å². The number of benzene rings is 1. The summed E-state index contributed by atoms with van der Waals surface area (Å²) in [4.78, 5) is 14.8. The highest BCUT2D eigenvalue weighted by atomic mass is 32.1. The number of nitrogens with zero attached hydrogens (tertiary/aromatic N) is 1. The van der Waals surface area contributed by atoms with Gasteiger partial charge in [-0.15, -0.1) is 0 Å². The Hall–Kier alpha value is -1.42. The van der Waals surface area contributed by atoms with E-state index in [0.29, 0.717) is 24.0 Å². The van der Waals surface area contributed by atoms with E-state index in [-0.39, 0.29) is 5.91 Å². The van der Waals surface area contributed by atoms with Crippen LogP contribution >= 0.6 is 12.2 Å². The van der Waals surface area contributed by atoms with Crippen LogP contribution in [0.5, 0.6) is 0 Å². The third-order valence-corrected chi connectivity index (χ3v) is 3.98. The molecule has 0 aromatic heterocycles. The molecular formula is C16H22N2OS. The summed E-state index contributed by atoms with van der Waals surface area (Å²) in [5.41, 5.74) is 7.89. The van der Waals surface area contributed by atoms with Gasteiger partial charge in [0.15, 0.2) is 0 Å². The lowest BCUT2D eigenvalue weighted by atomic mass is 10.1. The minimum absolute atomic E-state index is 0.135. The first kappa shape index (κ1) is 15.0. The average molecular weight is 290 g/mol. The van der Waals surface area contributed by atoms with Crippen LogP contribution in [0.1, 0.15) is 36.8 Å². The van der Waals surface area contributed by atoms with Gasteiger partial charge in [0, 0.05) is 6.04 Å². The Morgan fingerprint density at radius 2 is 2.10 bits per heavy atom. The molecule has 0 atom stereocenters. The summed E-state index contributed by atoms with van der Waals surface area (Å²) in [6.07, 6.45) is 4.96. The zero-order chi connectivity index (χ0) is 14.5. The maximum Gasteiger partial charge on any atom is 0.227 e. The number of carbonyl (C=O) groups is 1. The first-order chi connectivity index (χ1) is 9.56. The van der Waals surface area contributed by atoms with E-state index in [1.807, 2.05) is 30.0 Å². The van der Waals surface area contributed by atoms with E-state index in [2.05, 4.69) is 6.07 Å². The monoisotopic (exact) mass is 290 g/mol. The molecule has 1 aliphatic rings. The third-order valence-electron chi connectivity index (χ3n) is 3.85. The van der Waals surface area contributed by atoms with E-state index in [1.54, 1.807) is 0 Å².